The van der Waals surface area contributed by atoms with Gasteiger partial charge in [-0.25, -0.2) is 4.79 Å². The highest BCUT2D eigenvalue weighted by Crippen LogP contribution is 2.07. The first-order valence-electron chi connectivity index (χ1n) is 3.48. The second kappa shape index (κ2) is 4.84. The lowest BCUT2D eigenvalue weighted by Gasteiger charge is -2.04. The van der Waals surface area contributed by atoms with E-state index in [1.807, 2.05) is 0 Å². The van der Waals surface area contributed by atoms with Crippen LogP contribution in [0.1, 0.15) is 11.7 Å². The van der Waals surface area contributed by atoms with E-state index in [2.05, 4.69) is 9.84 Å². The van der Waals surface area contributed by atoms with E-state index in [-0.39, 0.29) is 12.4 Å². The van der Waals surface area contributed by atoms with Gasteiger partial charge in [-0.1, -0.05) is 0 Å². The number of rotatable bonds is 2. The third-order valence-electron chi connectivity index (χ3n) is 1.51. The van der Waals surface area contributed by atoms with E-state index in [0.29, 0.717) is 5.69 Å². The Labute approximate surface area is 82.3 Å². The molecule has 5 nitrogen and oxygen atoms in total. The second-order valence-corrected chi connectivity index (χ2v) is 2.42. The van der Waals surface area contributed by atoms with E-state index >= 15 is 0 Å². The molecule has 0 aromatic carbocycles. The van der Waals surface area contributed by atoms with Crippen LogP contribution in [0.25, 0.3) is 0 Å². The van der Waals surface area contributed by atoms with Crippen LogP contribution in [0.15, 0.2) is 12.3 Å². The van der Waals surface area contributed by atoms with Crippen molar-refractivity contribution in [2.45, 2.75) is 6.04 Å². The summed E-state index contributed by atoms with van der Waals surface area (Å²) in [6, 6.07) is 0.901. The molecule has 0 fully saturated rings. The van der Waals surface area contributed by atoms with Crippen LogP contribution in [0.2, 0.25) is 0 Å². The van der Waals surface area contributed by atoms with Gasteiger partial charge in [0.25, 0.3) is 0 Å². The molecule has 6 heteroatoms. The average molecular weight is 206 g/mol. The highest BCUT2D eigenvalue weighted by atomic mass is 35.5. The van der Waals surface area contributed by atoms with Gasteiger partial charge in [-0.2, -0.15) is 5.10 Å². The van der Waals surface area contributed by atoms with E-state index in [1.54, 1.807) is 24.0 Å². The predicted octanol–water partition coefficient (Wildman–Crippen LogP) is 0.0147. The number of aryl methyl sites for hydroxylation is 1. The molecule has 0 aliphatic heterocycles. The summed E-state index contributed by atoms with van der Waals surface area (Å²) in [5, 5.41) is 3.97. The summed E-state index contributed by atoms with van der Waals surface area (Å²) in [6.07, 6.45) is 1.72. The summed E-state index contributed by atoms with van der Waals surface area (Å²) in [5.74, 6) is -0.478. The first-order chi connectivity index (χ1) is 5.65. The van der Waals surface area contributed by atoms with E-state index in [0.717, 1.165) is 0 Å². The molecule has 0 bridgehead atoms. The lowest BCUT2D eigenvalue weighted by Crippen LogP contribution is -2.23. The normalized spacial score (nSPS) is 11.6. The number of hydrogen-bond acceptors (Lipinski definition) is 4. The third kappa shape index (κ3) is 2.71. The first kappa shape index (κ1) is 11.9. The molecule has 13 heavy (non-hydrogen) atoms. The monoisotopic (exact) mass is 205 g/mol. The maximum atomic E-state index is 10.9. The number of hydrogen-bond donors (Lipinski definition) is 1. The molecule has 1 aromatic heterocycles. The summed E-state index contributed by atoms with van der Waals surface area (Å²) in [4.78, 5) is 10.9. The van der Waals surface area contributed by atoms with Crippen LogP contribution in [-0.2, 0) is 16.6 Å². The Balaban J connectivity index is 0.00000144. The molecule has 0 spiro atoms. The summed E-state index contributed by atoms with van der Waals surface area (Å²) in [6.45, 7) is 0. The predicted molar refractivity (Wildman–Crippen MR) is 49.4 cm³/mol. The Hall–Kier alpha value is -1.07. The molecule has 1 rings (SSSR count). The summed E-state index contributed by atoms with van der Waals surface area (Å²) < 4.78 is 6.04. The molecule has 74 valence electrons. The number of ether oxygens (including phenoxy) is 1. The Morgan fingerprint density at radius 2 is 2.38 bits per heavy atom. The van der Waals surface area contributed by atoms with Crippen LogP contribution < -0.4 is 5.73 Å². The lowest BCUT2D eigenvalue weighted by atomic mass is 10.2. The van der Waals surface area contributed by atoms with Crippen molar-refractivity contribution in [1.29, 1.82) is 0 Å². The van der Waals surface area contributed by atoms with Crippen LogP contribution in [0.3, 0.4) is 0 Å². The van der Waals surface area contributed by atoms with Gasteiger partial charge in [-0.15, -0.1) is 12.4 Å². The number of carbonyl (C=O) groups excluding carboxylic acids is 1. The smallest absolute Gasteiger partial charge is 0.328 e. The van der Waals surface area contributed by atoms with Gasteiger partial charge in [0.05, 0.1) is 12.8 Å². The maximum Gasteiger partial charge on any atom is 0.328 e. The number of nitrogens with zero attached hydrogens (tertiary/aromatic N) is 2. The van der Waals surface area contributed by atoms with Gasteiger partial charge in [-0.3, -0.25) is 4.68 Å². The quantitative estimate of drug-likeness (QED) is 0.691. The van der Waals surface area contributed by atoms with E-state index in [4.69, 9.17) is 5.73 Å². The summed E-state index contributed by atoms with van der Waals surface area (Å²) >= 11 is 0. The molecule has 0 saturated heterocycles. The maximum absolute atomic E-state index is 10.9. The molecule has 0 aliphatic rings. The van der Waals surface area contributed by atoms with Crippen molar-refractivity contribution in [2.24, 2.45) is 12.8 Å². The molecule has 0 aliphatic carbocycles. The molecule has 1 unspecified atom stereocenters. The van der Waals surface area contributed by atoms with Crippen molar-refractivity contribution in [3.8, 4) is 0 Å². The number of aromatic nitrogens is 2. The topological polar surface area (TPSA) is 70.1 Å². The molecule has 1 aromatic rings. The van der Waals surface area contributed by atoms with Gasteiger partial charge < -0.3 is 10.5 Å². The Morgan fingerprint density at radius 3 is 2.77 bits per heavy atom. The van der Waals surface area contributed by atoms with E-state index < -0.39 is 12.0 Å². The van der Waals surface area contributed by atoms with E-state index in [9.17, 15) is 4.79 Å². The van der Waals surface area contributed by atoms with Crippen LogP contribution in [0, 0.1) is 0 Å². The molecule has 0 radical (unpaired) electrons. The number of esters is 1. The van der Waals surface area contributed by atoms with Crippen molar-refractivity contribution in [1.82, 2.24) is 9.78 Å². The number of methoxy groups -OCH3 is 1. The minimum absolute atomic E-state index is 0. The summed E-state index contributed by atoms with van der Waals surface area (Å²) in [7, 11) is 3.05. The standard InChI is InChI=1S/C7H11N3O2.ClH/c1-10-4-3-5(9-10)6(8)7(11)12-2;/h3-4,6H,8H2,1-2H3;1H. The number of nitrogens with two attached hydrogens (primary N) is 1. The van der Waals surface area contributed by atoms with Gasteiger partial charge in [0, 0.05) is 13.2 Å². The van der Waals surface area contributed by atoms with Crippen LogP contribution in [0.5, 0.6) is 0 Å². The van der Waals surface area contributed by atoms with Gasteiger partial charge >= 0.3 is 5.97 Å². The molecule has 2 N–H and O–H groups in total. The van der Waals surface area contributed by atoms with Crippen molar-refractivity contribution < 1.29 is 9.53 Å². The Kier molecular flexibility index (Phi) is 4.44. The zero-order chi connectivity index (χ0) is 9.14. The van der Waals surface area contributed by atoms with Crippen molar-refractivity contribution in [3.63, 3.8) is 0 Å². The molecule has 1 atom stereocenters. The molecular formula is C7H12ClN3O2. The van der Waals surface area contributed by atoms with Crippen LogP contribution >= 0.6 is 12.4 Å². The average Bonchev–Trinajstić information content (AvgIpc) is 2.49. The minimum Gasteiger partial charge on any atom is -0.468 e. The van der Waals surface area contributed by atoms with Gasteiger partial charge in [-0.05, 0) is 6.07 Å². The van der Waals surface area contributed by atoms with Crippen LogP contribution in [0.4, 0.5) is 0 Å². The Bertz CT molecular complexity index is 287. The van der Waals surface area contributed by atoms with Gasteiger partial charge in [0.1, 0.15) is 6.04 Å². The Morgan fingerprint density at radius 1 is 1.77 bits per heavy atom. The zero-order valence-corrected chi connectivity index (χ0v) is 8.25. The zero-order valence-electron chi connectivity index (χ0n) is 7.43. The van der Waals surface area contributed by atoms with Crippen molar-refractivity contribution >= 4 is 18.4 Å². The largest absolute Gasteiger partial charge is 0.468 e. The van der Waals surface area contributed by atoms with Gasteiger partial charge in [0.2, 0.25) is 0 Å². The lowest BCUT2D eigenvalue weighted by molar-refractivity contribution is -0.142. The van der Waals surface area contributed by atoms with Crippen molar-refractivity contribution in [3.05, 3.63) is 18.0 Å². The molecule has 0 saturated carbocycles. The molecular weight excluding hydrogens is 194 g/mol. The first-order valence-corrected chi connectivity index (χ1v) is 3.48. The molecule has 1 heterocycles. The summed E-state index contributed by atoms with van der Waals surface area (Å²) in [5.41, 5.74) is 6.03. The number of halogens is 1. The van der Waals surface area contributed by atoms with Crippen molar-refractivity contribution in [2.75, 3.05) is 7.11 Å². The fraction of sp³-hybridized carbons (Fsp3) is 0.429. The SMILES string of the molecule is COC(=O)C(N)c1ccn(C)n1.Cl. The fourth-order valence-corrected chi connectivity index (χ4v) is 0.847. The number of carbonyl (C=O) groups is 1. The highest BCUT2D eigenvalue weighted by molar-refractivity contribution is 5.85. The third-order valence-corrected chi connectivity index (χ3v) is 1.51. The fourth-order valence-electron chi connectivity index (χ4n) is 0.847. The van der Waals surface area contributed by atoms with Gasteiger partial charge in [0.15, 0.2) is 0 Å². The van der Waals surface area contributed by atoms with E-state index in [1.165, 1.54) is 7.11 Å². The van der Waals surface area contributed by atoms with Crippen LogP contribution in [-0.4, -0.2) is 22.9 Å². The highest BCUT2D eigenvalue weighted by Gasteiger charge is 2.17. The second-order valence-electron chi connectivity index (χ2n) is 2.42. The minimum atomic E-state index is -0.781. The molecule has 0 amide bonds.